The van der Waals surface area contributed by atoms with E-state index in [0.29, 0.717) is 31.0 Å². The molecule has 4 heterocycles. The maximum Gasteiger partial charge on any atom is 0.272 e. The number of hydrogen-bond donors (Lipinski definition) is 2. The predicted molar refractivity (Wildman–Crippen MR) is 93.4 cm³/mol. The SMILES string of the molecule is O=c1[nH]nc2c3c(cccc13)NC(CN1CCC3(CC1)OCCO3)=N2. The molecule has 8 heteroatoms. The number of rotatable bonds is 2. The Morgan fingerprint density at radius 1 is 1.20 bits per heavy atom. The number of benzene rings is 1. The first-order chi connectivity index (χ1) is 12.2. The Balaban J connectivity index is 1.37. The average molecular weight is 341 g/mol. The molecule has 1 spiro atoms. The summed E-state index contributed by atoms with van der Waals surface area (Å²) in [5, 5.41) is 11.4. The highest BCUT2D eigenvalue weighted by Gasteiger charge is 2.39. The van der Waals surface area contributed by atoms with E-state index in [2.05, 4.69) is 25.4 Å². The highest BCUT2D eigenvalue weighted by atomic mass is 16.7. The van der Waals surface area contributed by atoms with E-state index in [0.717, 1.165) is 42.8 Å². The van der Waals surface area contributed by atoms with E-state index in [4.69, 9.17) is 9.47 Å². The van der Waals surface area contributed by atoms with Gasteiger partial charge in [0.2, 0.25) is 0 Å². The van der Waals surface area contributed by atoms with Crippen LogP contribution in [0.2, 0.25) is 0 Å². The number of aliphatic imine (C=N–C) groups is 1. The second-order valence-corrected chi connectivity index (χ2v) is 6.67. The molecule has 25 heavy (non-hydrogen) atoms. The standard InChI is InChI=1S/C17H19N5O3/c23-16-11-2-1-3-12-14(11)15(20-21-16)19-13(18-12)10-22-6-4-17(5-7-22)24-8-9-25-17/h1-3H,4-10H2,(H,21,23)(H,18,19,20). The third-order valence-electron chi connectivity index (χ3n) is 5.12. The van der Waals surface area contributed by atoms with Crippen LogP contribution in [0.15, 0.2) is 28.0 Å². The molecular formula is C17H19N5O3. The van der Waals surface area contributed by atoms with E-state index in [9.17, 15) is 4.79 Å². The molecule has 0 radical (unpaired) electrons. The van der Waals surface area contributed by atoms with Crippen molar-refractivity contribution in [3.05, 3.63) is 28.6 Å². The van der Waals surface area contributed by atoms with E-state index < -0.39 is 0 Å². The summed E-state index contributed by atoms with van der Waals surface area (Å²) in [6.07, 6.45) is 1.75. The molecule has 2 fully saturated rings. The molecule has 2 N–H and O–H groups in total. The van der Waals surface area contributed by atoms with Crippen LogP contribution < -0.4 is 10.9 Å². The van der Waals surface area contributed by atoms with Crippen molar-refractivity contribution in [3.8, 4) is 0 Å². The van der Waals surface area contributed by atoms with Crippen LogP contribution in [-0.2, 0) is 9.47 Å². The third kappa shape index (κ3) is 2.53. The van der Waals surface area contributed by atoms with Gasteiger partial charge >= 0.3 is 0 Å². The number of amidine groups is 1. The summed E-state index contributed by atoms with van der Waals surface area (Å²) in [7, 11) is 0. The molecule has 0 amide bonds. The zero-order chi connectivity index (χ0) is 16.9. The highest BCUT2D eigenvalue weighted by molar-refractivity contribution is 6.12. The number of nitrogens with zero attached hydrogens (tertiary/aromatic N) is 3. The number of hydrogen-bond acceptors (Lipinski definition) is 7. The second kappa shape index (κ2) is 5.62. The van der Waals surface area contributed by atoms with Gasteiger partial charge in [-0.3, -0.25) is 9.69 Å². The van der Waals surface area contributed by atoms with Crippen LogP contribution in [0.3, 0.4) is 0 Å². The molecular weight excluding hydrogens is 322 g/mol. The maximum atomic E-state index is 11.9. The van der Waals surface area contributed by atoms with Crippen molar-refractivity contribution < 1.29 is 9.47 Å². The van der Waals surface area contributed by atoms with Gasteiger partial charge < -0.3 is 14.8 Å². The van der Waals surface area contributed by atoms with Gasteiger partial charge in [-0.25, -0.2) is 10.1 Å². The fourth-order valence-corrected chi connectivity index (χ4v) is 3.82. The van der Waals surface area contributed by atoms with Crippen LogP contribution in [-0.4, -0.2) is 59.6 Å². The van der Waals surface area contributed by atoms with E-state index >= 15 is 0 Å². The summed E-state index contributed by atoms with van der Waals surface area (Å²) < 4.78 is 11.6. The normalized spacial score (nSPS) is 22.2. The van der Waals surface area contributed by atoms with Crippen LogP contribution in [0.1, 0.15) is 12.8 Å². The van der Waals surface area contributed by atoms with Crippen molar-refractivity contribution in [2.45, 2.75) is 18.6 Å². The van der Waals surface area contributed by atoms with Gasteiger partial charge in [0.25, 0.3) is 5.56 Å². The number of aromatic amines is 1. The van der Waals surface area contributed by atoms with E-state index in [1.165, 1.54) is 0 Å². The van der Waals surface area contributed by atoms with Gasteiger partial charge in [0, 0.05) is 25.9 Å². The van der Waals surface area contributed by atoms with Crippen molar-refractivity contribution >= 4 is 28.1 Å². The van der Waals surface area contributed by atoms with Gasteiger partial charge in [0.05, 0.1) is 36.2 Å². The minimum absolute atomic E-state index is 0.195. The molecule has 1 aromatic carbocycles. The number of H-pyrrole nitrogens is 1. The molecule has 2 saturated heterocycles. The van der Waals surface area contributed by atoms with Crippen molar-refractivity contribution in [2.24, 2.45) is 4.99 Å². The Bertz CT molecular complexity index is 906. The van der Waals surface area contributed by atoms with Crippen molar-refractivity contribution in [1.82, 2.24) is 15.1 Å². The first-order valence-corrected chi connectivity index (χ1v) is 8.59. The maximum absolute atomic E-state index is 11.9. The molecule has 0 unspecified atom stereocenters. The van der Waals surface area contributed by atoms with Gasteiger partial charge in [0.15, 0.2) is 11.6 Å². The van der Waals surface area contributed by atoms with Crippen LogP contribution in [0.4, 0.5) is 11.5 Å². The third-order valence-corrected chi connectivity index (χ3v) is 5.12. The van der Waals surface area contributed by atoms with E-state index in [1.807, 2.05) is 12.1 Å². The second-order valence-electron chi connectivity index (χ2n) is 6.67. The Morgan fingerprint density at radius 3 is 2.80 bits per heavy atom. The molecule has 2 aromatic rings. The van der Waals surface area contributed by atoms with Gasteiger partial charge in [-0.1, -0.05) is 6.07 Å². The first-order valence-electron chi connectivity index (χ1n) is 8.59. The Morgan fingerprint density at radius 2 is 2.00 bits per heavy atom. The van der Waals surface area contributed by atoms with Gasteiger partial charge in [-0.15, -0.1) is 0 Å². The van der Waals surface area contributed by atoms with Gasteiger partial charge in [-0.2, -0.15) is 5.10 Å². The first kappa shape index (κ1) is 15.0. The molecule has 3 aliphatic rings. The minimum atomic E-state index is -0.364. The lowest BCUT2D eigenvalue weighted by Crippen LogP contribution is -2.47. The molecule has 0 saturated carbocycles. The van der Waals surface area contributed by atoms with Crippen LogP contribution in [0.5, 0.6) is 0 Å². The predicted octanol–water partition coefficient (Wildman–Crippen LogP) is 1.22. The van der Waals surface area contributed by atoms with Crippen molar-refractivity contribution in [2.75, 3.05) is 38.2 Å². The molecule has 3 aliphatic heterocycles. The van der Waals surface area contributed by atoms with E-state index in [-0.39, 0.29) is 11.3 Å². The van der Waals surface area contributed by atoms with E-state index in [1.54, 1.807) is 6.07 Å². The molecule has 0 bridgehead atoms. The van der Waals surface area contributed by atoms with Crippen LogP contribution in [0.25, 0.3) is 10.8 Å². The zero-order valence-electron chi connectivity index (χ0n) is 13.7. The summed E-state index contributed by atoms with van der Waals surface area (Å²) >= 11 is 0. The molecule has 8 nitrogen and oxygen atoms in total. The number of likely N-dealkylation sites (tertiary alicyclic amines) is 1. The monoisotopic (exact) mass is 341 g/mol. The molecule has 5 rings (SSSR count). The number of ether oxygens (including phenoxy) is 2. The lowest BCUT2D eigenvalue weighted by molar-refractivity contribution is -0.184. The number of aromatic nitrogens is 2. The smallest absolute Gasteiger partial charge is 0.272 e. The number of anilines is 1. The summed E-state index contributed by atoms with van der Waals surface area (Å²) in [4.78, 5) is 18.9. The van der Waals surface area contributed by atoms with Crippen LogP contribution in [0, 0.1) is 0 Å². The Labute approximate surface area is 143 Å². The molecule has 0 aliphatic carbocycles. The lowest BCUT2D eigenvalue weighted by Gasteiger charge is -2.37. The number of piperidine rings is 1. The van der Waals surface area contributed by atoms with Crippen LogP contribution >= 0.6 is 0 Å². The quantitative estimate of drug-likeness (QED) is 0.853. The van der Waals surface area contributed by atoms with Crippen molar-refractivity contribution in [3.63, 3.8) is 0 Å². The lowest BCUT2D eigenvalue weighted by atomic mass is 10.0. The summed E-state index contributed by atoms with van der Waals surface area (Å²) in [6.45, 7) is 3.89. The molecule has 1 aromatic heterocycles. The van der Waals surface area contributed by atoms with Gasteiger partial charge in [0.1, 0.15) is 5.84 Å². The minimum Gasteiger partial charge on any atom is -0.347 e. The van der Waals surface area contributed by atoms with Crippen molar-refractivity contribution in [1.29, 1.82) is 0 Å². The summed E-state index contributed by atoms with van der Waals surface area (Å²) in [5.74, 6) is 1.04. The topological polar surface area (TPSA) is 91.8 Å². The largest absolute Gasteiger partial charge is 0.347 e. The molecule has 0 atom stereocenters. The summed E-state index contributed by atoms with van der Waals surface area (Å²) in [5.41, 5.74) is 0.686. The fraction of sp³-hybridized carbons (Fsp3) is 0.471. The molecule has 130 valence electrons. The Kier molecular flexibility index (Phi) is 3.37. The highest BCUT2D eigenvalue weighted by Crippen LogP contribution is 2.33. The van der Waals surface area contributed by atoms with Gasteiger partial charge in [-0.05, 0) is 12.1 Å². The number of nitrogens with one attached hydrogen (secondary N) is 2. The Hall–Kier alpha value is -2.29. The summed E-state index contributed by atoms with van der Waals surface area (Å²) in [6, 6.07) is 5.61. The fourth-order valence-electron chi connectivity index (χ4n) is 3.82. The average Bonchev–Trinajstić information content (AvgIpc) is 3.08. The zero-order valence-corrected chi connectivity index (χ0v) is 13.7.